The van der Waals surface area contributed by atoms with Crippen molar-refractivity contribution in [3.05, 3.63) is 11.7 Å². The van der Waals surface area contributed by atoms with Crippen molar-refractivity contribution in [2.45, 2.75) is 68.4 Å². The molecule has 5 heteroatoms. The van der Waals surface area contributed by atoms with E-state index in [0.717, 1.165) is 35.7 Å². The summed E-state index contributed by atoms with van der Waals surface area (Å²) in [5, 5.41) is 8.46. The van der Waals surface area contributed by atoms with Crippen LogP contribution in [-0.2, 0) is 5.75 Å². The molecule has 0 spiro atoms. The largest absolute Gasteiger partial charge is 0.338 e. The fraction of sp³-hybridized carbons (Fsp3) is 0.857. The Labute approximate surface area is 119 Å². The summed E-state index contributed by atoms with van der Waals surface area (Å²) in [6, 6.07) is 0.278. The Balaban J connectivity index is 1.52. The van der Waals surface area contributed by atoms with Gasteiger partial charge in [-0.05, 0) is 32.2 Å². The minimum absolute atomic E-state index is 0.278. The predicted molar refractivity (Wildman–Crippen MR) is 77.1 cm³/mol. The molecule has 1 aromatic rings. The van der Waals surface area contributed by atoms with Gasteiger partial charge in [-0.15, -0.1) is 0 Å². The highest BCUT2D eigenvalue weighted by atomic mass is 32.2. The number of hydrogen-bond acceptors (Lipinski definition) is 5. The Bertz CT molecular complexity index is 382. The summed E-state index contributed by atoms with van der Waals surface area (Å²) in [5.41, 5.74) is 0. The van der Waals surface area contributed by atoms with Crippen LogP contribution < -0.4 is 5.32 Å². The van der Waals surface area contributed by atoms with Crippen LogP contribution in [0.3, 0.4) is 0 Å². The minimum atomic E-state index is 0.278. The smallest absolute Gasteiger partial charge is 0.243 e. The van der Waals surface area contributed by atoms with E-state index in [0.29, 0.717) is 0 Å². The molecule has 1 N–H and O–H groups in total. The molecule has 2 heterocycles. The van der Waals surface area contributed by atoms with E-state index in [-0.39, 0.29) is 6.04 Å². The lowest BCUT2D eigenvalue weighted by molar-refractivity contribution is 0.325. The Morgan fingerprint density at radius 1 is 1.11 bits per heavy atom. The molecule has 19 heavy (non-hydrogen) atoms. The van der Waals surface area contributed by atoms with Crippen LogP contribution >= 0.6 is 11.8 Å². The van der Waals surface area contributed by atoms with E-state index in [2.05, 4.69) is 15.5 Å². The lowest BCUT2D eigenvalue weighted by Crippen LogP contribution is -2.20. The molecule has 3 rings (SSSR count). The summed E-state index contributed by atoms with van der Waals surface area (Å²) in [4.78, 5) is 4.58. The number of thioether (sulfide) groups is 1. The lowest BCUT2D eigenvalue weighted by Gasteiger charge is -2.09. The second-order valence-electron chi connectivity index (χ2n) is 5.62. The van der Waals surface area contributed by atoms with Gasteiger partial charge in [0.25, 0.3) is 0 Å². The zero-order valence-corrected chi connectivity index (χ0v) is 12.3. The summed E-state index contributed by atoms with van der Waals surface area (Å²) in [7, 11) is 0. The number of aromatic nitrogens is 2. The maximum absolute atomic E-state index is 5.44. The van der Waals surface area contributed by atoms with Crippen molar-refractivity contribution in [3.8, 4) is 0 Å². The van der Waals surface area contributed by atoms with Crippen molar-refractivity contribution in [1.29, 1.82) is 0 Å². The fourth-order valence-electron chi connectivity index (χ4n) is 2.95. The van der Waals surface area contributed by atoms with Crippen LogP contribution in [0.25, 0.3) is 0 Å². The molecule has 1 aliphatic heterocycles. The molecule has 0 radical (unpaired) electrons. The fourth-order valence-corrected chi connectivity index (χ4v) is 4.12. The van der Waals surface area contributed by atoms with Gasteiger partial charge in [-0.1, -0.05) is 30.8 Å². The molecule has 1 unspecified atom stereocenters. The number of nitrogens with one attached hydrogen (secondary N) is 1. The van der Waals surface area contributed by atoms with Gasteiger partial charge in [-0.3, -0.25) is 0 Å². The van der Waals surface area contributed by atoms with Crippen LogP contribution in [0.5, 0.6) is 0 Å². The monoisotopic (exact) mass is 281 g/mol. The molecule has 1 saturated carbocycles. The number of hydrogen-bond donors (Lipinski definition) is 1. The van der Waals surface area contributed by atoms with Crippen LogP contribution in [0.2, 0.25) is 0 Å². The Hall–Kier alpha value is -0.550. The highest BCUT2D eigenvalue weighted by Gasteiger charge is 2.21. The summed E-state index contributed by atoms with van der Waals surface area (Å²) >= 11 is 2.00. The van der Waals surface area contributed by atoms with Gasteiger partial charge >= 0.3 is 0 Å². The first-order chi connectivity index (χ1) is 9.42. The van der Waals surface area contributed by atoms with Gasteiger partial charge < -0.3 is 9.84 Å². The molecular formula is C14H23N3OS. The van der Waals surface area contributed by atoms with Gasteiger partial charge in [0.2, 0.25) is 5.89 Å². The zero-order chi connectivity index (χ0) is 12.9. The van der Waals surface area contributed by atoms with Gasteiger partial charge in [-0.25, -0.2) is 0 Å². The van der Waals surface area contributed by atoms with Gasteiger partial charge in [-0.2, -0.15) is 16.7 Å². The van der Waals surface area contributed by atoms with E-state index >= 15 is 0 Å². The van der Waals surface area contributed by atoms with Gasteiger partial charge in [0.1, 0.15) is 0 Å². The maximum atomic E-state index is 5.44. The molecule has 1 aromatic heterocycles. The third-order valence-corrected chi connectivity index (χ3v) is 5.46. The predicted octanol–water partition coefficient (Wildman–Crippen LogP) is 3.45. The summed E-state index contributed by atoms with van der Waals surface area (Å²) in [6.45, 7) is 1.07. The zero-order valence-electron chi connectivity index (χ0n) is 11.4. The molecule has 1 aliphatic carbocycles. The Kier molecular flexibility index (Phi) is 4.77. The second kappa shape index (κ2) is 6.75. The van der Waals surface area contributed by atoms with Crippen LogP contribution in [0.4, 0.5) is 0 Å². The van der Waals surface area contributed by atoms with Crippen molar-refractivity contribution in [1.82, 2.24) is 15.5 Å². The summed E-state index contributed by atoms with van der Waals surface area (Å²) < 4.78 is 5.44. The van der Waals surface area contributed by atoms with Crippen molar-refractivity contribution >= 4 is 11.8 Å². The van der Waals surface area contributed by atoms with Gasteiger partial charge in [0, 0.05) is 5.25 Å². The standard InChI is InChI=1S/C14H23N3OS/c1-2-8-12(15-9-5-1)14-16-13(17-18-14)10-19-11-6-3-4-7-11/h11-12,15H,1-10H2. The van der Waals surface area contributed by atoms with E-state index in [1.54, 1.807) is 0 Å². The van der Waals surface area contributed by atoms with E-state index < -0.39 is 0 Å². The molecule has 106 valence electrons. The lowest BCUT2D eigenvalue weighted by atomic mass is 10.1. The summed E-state index contributed by atoms with van der Waals surface area (Å²) in [6.07, 6.45) is 10.4. The quantitative estimate of drug-likeness (QED) is 0.916. The summed E-state index contributed by atoms with van der Waals surface area (Å²) in [5.74, 6) is 2.57. The van der Waals surface area contributed by atoms with E-state index in [1.165, 1.54) is 44.9 Å². The second-order valence-corrected chi connectivity index (χ2v) is 6.91. The van der Waals surface area contributed by atoms with E-state index in [1.807, 2.05) is 11.8 Å². The van der Waals surface area contributed by atoms with Crippen LogP contribution in [-0.4, -0.2) is 21.9 Å². The van der Waals surface area contributed by atoms with Crippen LogP contribution in [0.1, 0.15) is 69.1 Å². The van der Waals surface area contributed by atoms with E-state index in [9.17, 15) is 0 Å². The Morgan fingerprint density at radius 3 is 2.84 bits per heavy atom. The molecule has 0 aromatic carbocycles. The third-order valence-electron chi connectivity index (χ3n) is 4.09. The number of nitrogens with zero attached hydrogens (tertiary/aromatic N) is 2. The molecule has 0 bridgehead atoms. The first-order valence-electron chi connectivity index (χ1n) is 7.59. The normalized spacial score (nSPS) is 25.6. The van der Waals surface area contributed by atoms with Crippen molar-refractivity contribution < 1.29 is 4.52 Å². The highest BCUT2D eigenvalue weighted by Crippen LogP contribution is 2.31. The molecule has 0 amide bonds. The maximum Gasteiger partial charge on any atom is 0.243 e. The molecule has 1 atom stereocenters. The molecule has 2 aliphatic rings. The first kappa shape index (κ1) is 13.4. The first-order valence-corrected chi connectivity index (χ1v) is 8.64. The molecule has 4 nitrogen and oxygen atoms in total. The molecule has 2 fully saturated rings. The van der Waals surface area contributed by atoms with Crippen molar-refractivity contribution in [2.75, 3.05) is 6.54 Å². The molecular weight excluding hydrogens is 258 g/mol. The van der Waals surface area contributed by atoms with Gasteiger partial charge in [0.15, 0.2) is 5.82 Å². The van der Waals surface area contributed by atoms with Crippen LogP contribution in [0.15, 0.2) is 4.52 Å². The highest BCUT2D eigenvalue weighted by molar-refractivity contribution is 7.99. The van der Waals surface area contributed by atoms with Crippen molar-refractivity contribution in [2.24, 2.45) is 0 Å². The molecule has 1 saturated heterocycles. The number of rotatable bonds is 4. The third kappa shape index (κ3) is 3.72. The minimum Gasteiger partial charge on any atom is -0.338 e. The van der Waals surface area contributed by atoms with Crippen molar-refractivity contribution in [3.63, 3.8) is 0 Å². The average molecular weight is 281 g/mol. The Morgan fingerprint density at radius 2 is 1.95 bits per heavy atom. The van der Waals surface area contributed by atoms with Crippen LogP contribution in [0, 0.1) is 0 Å². The SMILES string of the molecule is C1CCNC(c2nc(CSC3CCCC3)no2)CC1. The van der Waals surface area contributed by atoms with E-state index in [4.69, 9.17) is 4.52 Å². The topological polar surface area (TPSA) is 51.0 Å². The van der Waals surface area contributed by atoms with Gasteiger partial charge in [0.05, 0.1) is 11.8 Å². The average Bonchev–Trinajstić information content (AvgIpc) is 3.03.